The molecule has 2 aliphatic carbocycles. The number of nitrogens with one attached hydrogen (secondary N) is 2. The Morgan fingerprint density at radius 2 is 1.78 bits per heavy atom. The third-order valence-electron chi connectivity index (χ3n) is 5.48. The Morgan fingerprint density at radius 3 is 2.56 bits per heavy atom. The number of hydrogen-bond donors (Lipinski definition) is 2. The number of carbonyl (C=O) groups excluding carboxylic acids is 2. The summed E-state index contributed by atoms with van der Waals surface area (Å²) in [5.41, 5.74) is 1.47. The molecule has 1 saturated carbocycles. The van der Waals surface area contributed by atoms with E-state index in [1.165, 1.54) is 30.6 Å². The highest BCUT2D eigenvalue weighted by Crippen LogP contribution is 2.37. The maximum Gasteiger partial charge on any atom is 0.257 e. The average molecular weight is 384 g/mol. The molecule has 1 fully saturated rings. The van der Waals surface area contributed by atoms with Gasteiger partial charge in [0.25, 0.3) is 5.91 Å². The van der Waals surface area contributed by atoms with Gasteiger partial charge in [0, 0.05) is 16.5 Å². The predicted octanol–water partition coefficient (Wildman–Crippen LogP) is 4.26. The molecule has 2 aliphatic rings. The van der Waals surface area contributed by atoms with Crippen molar-refractivity contribution < 1.29 is 9.59 Å². The Kier molecular flexibility index (Phi) is 5.53. The van der Waals surface area contributed by atoms with Gasteiger partial charge in [0.2, 0.25) is 5.91 Å². The lowest BCUT2D eigenvalue weighted by Gasteiger charge is -2.26. The third kappa shape index (κ3) is 4.21. The summed E-state index contributed by atoms with van der Waals surface area (Å²) in [4.78, 5) is 31.0. The summed E-state index contributed by atoms with van der Waals surface area (Å²) in [6, 6.07) is 9.44. The Bertz CT molecular complexity index is 812. The smallest absolute Gasteiger partial charge is 0.257 e. The minimum Gasteiger partial charge on any atom is -0.353 e. The zero-order valence-electron chi connectivity index (χ0n) is 15.4. The van der Waals surface area contributed by atoms with Crippen molar-refractivity contribution in [1.29, 1.82) is 0 Å². The number of thiazole rings is 1. The number of anilines is 1. The summed E-state index contributed by atoms with van der Waals surface area (Å²) in [7, 11) is 0. The fourth-order valence-electron chi connectivity index (χ4n) is 4.03. The summed E-state index contributed by atoms with van der Waals surface area (Å²) >= 11 is 1.50. The molecular weight excluding hydrogens is 358 g/mol. The first-order valence-corrected chi connectivity index (χ1v) is 10.7. The first-order chi connectivity index (χ1) is 13.2. The van der Waals surface area contributed by atoms with Crippen LogP contribution in [0.4, 0.5) is 5.13 Å². The zero-order chi connectivity index (χ0) is 18.6. The van der Waals surface area contributed by atoms with Crippen LogP contribution in [0, 0.1) is 0 Å². The van der Waals surface area contributed by atoms with Crippen molar-refractivity contribution in [1.82, 2.24) is 10.3 Å². The van der Waals surface area contributed by atoms with Gasteiger partial charge in [-0.05, 0) is 44.2 Å². The van der Waals surface area contributed by atoms with Crippen molar-refractivity contribution in [3.05, 3.63) is 46.5 Å². The molecule has 142 valence electrons. The number of amides is 2. The van der Waals surface area contributed by atoms with Crippen LogP contribution in [-0.4, -0.2) is 22.8 Å². The lowest BCUT2D eigenvalue weighted by Crippen LogP contribution is -2.40. The number of nitrogens with zero attached hydrogens (tertiary/aromatic N) is 1. The van der Waals surface area contributed by atoms with Crippen LogP contribution in [-0.2, 0) is 11.2 Å². The Labute approximate surface area is 163 Å². The van der Waals surface area contributed by atoms with Crippen molar-refractivity contribution in [2.24, 2.45) is 0 Å². The van der Waals surface area contributed by atoms with Crippen molar-refractivity contribution in [3.63, 3.8) is 0 Å². The van der Waals surface area contributed by atoms with E-state index in [-0.39, 0.29) is 17.7 Å². The fraction of sp³-hybridized carbons (Fsp3) is 0.476. The van der Waals surface area contributed by atoms with Gasteiger partial charge in [-0.15, -0.1) is 11.3 Å². The van der Waals surface area contributed by atoms with Gasteiger partial charge in [-0.25, -0.2) is 4.98 Å². The van der Waals surface area contributed by atoms with E-state index >= 15 is 0 Å². The summed E-state index contributed by atoms with van der Waals surface area (Å²) < 4.78 is 0. The first kappa shape index (κ1) is 18.2. The summed E-state index contributed by atoms with van der Waals surface area (Å²) in [6.45, 7) is 0. The van der Waals surface area contributed by atoms with Crippen LogP contribution in [0.1, 0.15) is 71.8 Å². The van der Waals surface area contributed by atoms with E-state index < -0.39 is 0 Å². The minimum absolute atomic E-state index is 0.106. The molecule has 5 nitrogen and oxygen atoms in total. The van der Waals surface area contributed by atoms with Gasteiger partial charge in [-0.3, -0.25) is 14.9 Å². The molecule has 6 heteroatoms. The van der Waals surface area contributed by atoms with Gasteiger partial charge in [-0.2, -0.15) is 0 Å². The van der Waals surface area contributed by atoms with E-state index in [1.807, 2.05) is 18.2 Å². The van der Waals surface area contributed by atoms with Crippen LogP contribution >= 0.6 is 11.3 Å². The van der Waals surface area contributed by atoms with Crippen molar-refractivity contribution in [2.75, 3.05) is 5.32 Å². The highest BCUT2D eigenvalue weighted by atomic mass is 32.1. The Balaban J connectivity index is 1.46. The molecule has 1 unspecified atom stereocenters. The molecule has 1 heterocycles. The van der Waals surface area contributed by atoms with Crippen LogP contribution in [0.15, 0.2) is 30.3 Å². The topological polar surface area (TPSA) is 71.1 Å². The van der Waals surface area contributed by atoms with Crippen molar-refractivity contribution in [2.45, 2.75) is 63.3 Å². The summed E-state index contributed by atoms with van der Waals surface area (Å²) in [5.74, 6) is -0.242. The molecule has 2 aromatic rings. The van der Waals surface area contributed by atoms with Crippen molar-refractivity contribution in [3.8, 4) is 0 Å². The van der Waals surface area contributed by atoms with Crippen molar-refractivity contribution >= 4 is 28.3 Å². The molecule has 2 N–H and O–H groups in total. The van der Waals surface area contributed by atoms with Crippen LogP contribution in [0.3, 0.4) is 0 Å². The molecular formula is C21H25N3O2S. The van der Waals surface area contributed by atoms with Gasteiger partial charge in [0.15, 0.2) is 5.13 Å². The molecule has 0 saturated heterocycles. The number of fused-ring (bicyclic) bond motifs is 1. The van der Waals surface area contributed by atoms with E-state index in [1.54, 1.807) is 12.1 Å². The van der Waals surface area contributed by atoms with E-state index in [2.05, 4.69) is 15.6 Å². The molecule has 0 radical (unpaired) electrons. The maximum atomic E-state index is 12.8. The lowest BCUT2D eigenvalue weighted by atomic mass is 9.89. The maximum absolute atomic E-state index is 12.8. The Hall–Kier alpha value is -2.21. The van der Waals surface area contributed by atoms with E-state index in [4.69, 9.17) is 0 Å². The number of benzene rings is 1. The molecule has 1 atom stereocenters. The van der Waals surface area contributed by atoms with E-state index in [9.17, 15) is 9.59 Å². The molecule has 1 aromatic carbocycles. The average Bonchev–Trinajstić information content (AvgIpc) is 3.11. The van der Waals surface area contributed by atoms with Crippen LogP contribution < -0.4 is 10.6 Å². The van der Waals surface area contributed by atoms with E-state index in [0.717, 1.165) is 42.7 Å². The number of aromatic nitrogens is 1. The predicted molar refractivity (Wildman–Crippen MR) is 107 cm³/mol. The van der Waals surface area contributed by atoms with Crippen LogP contribution in [0.2, 0.25) is 0 Å². The summed E-state index contributed by atoms with van der Waals surface area (Å²) in [5, 5.41) is 6.73. The van der Waals surface area contributed by atoms with Gasteiger partial charge in [0.1, 0.15) is 0 Å². The largest absolute Gasteiger partial charge is 0.353 e. The molecule has 0 aliphatic heterocycles. The molecule has 27 heavy (non-hydrogen) atoms. The normalized spacial score (nSPS) is 19.9. The SMILES string of the molecule is O=C(Nc1nc2c(s1)CCCC2C(=O)NC1CCCCC1)c1ccccc1. The second-order valence-corrected chi connectivity index (χ2v) is 8.52. The highest BCUT2D eigenvalue weighted by molar-refractivity contribution is 7.15. The number of aryl methyl sites for hydroxylation is 1. The molecule has 0 spiro atoms. The second-order valence-electron chi connectivity index (χ2n) is 7.44. The number of rotatable bonds is 4. The molecule has 2 amide bonds. The summed E-state index contributed by atoms with van der Waals surface area (Å²) in [6.07, 6.45) is 8.60. The zero-order valence-corrected chi connectivity index (χ0v) is 16.2. The quantitative estimate of drug-likeness (QED) is 0.828. The monoisotopic (exact) mass is 383 g/mol. The van der Waals surface area contributed by atoms with Gasteiger partial charge < -0.3 is 5.32 Å². The highest BCUT2D eigenvalue weighted by Gasteiger charge is 2.31. The Morgan fingerprint density at radius 1 is 1.00 bits per heavy atom. The molecule has 4 rings (SSSR count). The van der Waals surface area contributed by atoms with Gasteiger partial charge in [-0.1, -0.05) is 37.5 Å². The van der Waals surface area contributed by atoms with Gasteiger partial charge in [0.05, 0.1) is 11.6 Å². The number of carbonyl (C=O) groups is 2. The fourth-order valence-corrected chi connectivity index (χ4v) is 5.09. The second kappa shape index (κ2) is 8.21. The van der Waals surface area contributed by atoms with Gasteiger partial charge >= 0.3 is 0 Å². The lowest BCUT2D eigenvalue weighted by molar-refractivity contribution is -0.123. The molecule has 0 bridgehead atoms. The standard InChI is InChI=1S/C21H25N3O2S/c25-19(14-8-3-1-4-9-14)24-21-23-18-16(12-7-13-17(18)27-21)20(26)22-15-10-5-2-6-11-15/h1,3-4,8-9,15-16H,2,5-7,10-13H2,(H,22,26)(H,23,24,25). The minimum atomic E-state index is -0.186. The van der Waals surface area contributed by atoms with Crippen LogP contribution in [0.25, 0.3) is 0 Å². The first-order valence-electron chi connectivity index (χ1n) is 9.87. The van der Waals surface area contributed by atoms with Crippen LogP contribution in [0.5, 0.6) is 0 Å². The third-order valence-corrected chi connectivity index (χ3v) is 6.53. The number of hydrogen-bond acceptors (Lipinski definition) is 4. The molecule has 1 aromatic heterocycles. The van der Waals surface area contributed by atoms with E-state index in [0.29, 0.717) is 16.7 Å².